The maximum absolute atomic E-state index is 12.8. The van der Waals surface area contributed by atoms with Crippen LogP contribution in [0.4, 0.5) is 4.39 Å². The topological polar surface area (TPSA) is 43.6 Å². The first-order valence-corrected chi connectivity index (χ1v) is 5.64. The van der Waals surface area contributed by atoms with Gasteiger partial charge in [0.1, 0.15) is 5.82 Å². The number of hydrogen-bond donors (Lipinski definition) is 0. The number of rotatable bonds is 2. The third kappa shape index (κ3) is 2.05. The Morgan fingerprint density at radius 2 is 2.06 bits per heavy atom. The normalized spacial score (nSPS) is 24.1. The van der Waals surface area contributed by atoms with Gasteiger partial charge < -0.3 is 0 Å². The first-order valence-electron chi connectivity index (χ1n) is 5.64. The molecule has 1 heterocycles. The third-order valence-electron chi connectivity index (χ3n) is 3.22. The molecule has 5 heteroatoms. The van der Waals surface area contributed by atoms with Crippen LogP contribution >= 0.6 is 0 Å². The third-order valence-corrected chi connectivity index (χ3v) is 3.22. The molecule has 1 aliphatic rings. The average molecular weight is 231 g/mol. The van der Waals surface area contributed by atoms with Gasteiger partial charge in [-0.15, -0.1) is 10.2 Å². The summed E-state index contributed by atoms with van der Waals surface area (Å²) < 4.78 is 12.8. The first-order chi connectivity index (χ1) is 8.33. The predicted molar refractivity (Wildman–Crippen MR) is 59.5 cm³/mol. The van der Waals surface area contributed by atoms with E-state index in [9.17, 15) is 4.39 Å². The van der Waals surface area contributed by atoms with Crippen LogP contribution in [0.2, 0.25) is 0 Å². The highest BCUT2D eigenvalue weighted by atomic mass is 19.1. The summed E-state index contributed by atoms with van der Waals surface area (Å²) in [6.07, 6.45) is 5.55. The minimum atomic E-state index is -0.190. The SMILES string of the molecule is Fc1ccc(C2C[CH]C(n3ncnn3)C2)cc1. The summed E-state index contributed by atoms with van der Waals surface area (Å²) in [5.41, 5.74) is 1.17. The van der Waals surface area contributed by atoms with Gasteiger partial charge in [-0.1, -0.05) is 12.1 Å². The van der Waals surface area contributed by atoms with Crippen LogP contribution in [0.25, 0.3) is 0 Å². The Morgan fingerprint density at radius 1 is 1.24 bits per heavy atom. The number of tetrazole rings is 1. The van der Waals surface area contributed by atoms with Crippen molar-refractivity contribution in [1.29, 1.82) is 0 Å². The summed E-state index contributed by atoms with van der Waals surface area (Å²) in [6, 6.07) is 6.93. The van der Waals surface area contributed by atoms with Crippen LogP contribution in [-0.2, 0) is 0 Å². The molecule has 0 spiro atoms. The van der Waals surface area contributed by atoms with E-state index in [1.165, 1.54) is 24.0 Å². The van der Waals surface area contributed by atoms with Gasteiger partial charge in [-0.2, -0.15) is 4.80 Å². The molecule has 1 fully saturated rings. The van der Waals surface area contributed by atoms with Crippen molar-refractivity contribution in [3.8, 4) is 0 Å². The molecule has 1 aromatic heterocycles. The molecule has 3 rings (SSSR count). The lowest BCUT2D eigenvalue weighted by atomic mass is 9.97. The molecule has 87 valence electrons. The molecular weight excluding hydrogens is 219 g/mol. The van der Waals surface area contributed by atoms with Gasteiger partial charge in [0.05, 0.1) is 6.04 Å². The van der Waals surface area contributed by atoms with Crippen LogP contribution in [0, 0.1) is 12.2 Å². The van der Waals surface area contributed by atoms with Gasteiger partial charge in [0.25, 0.3) is 0 Å². The lowest BCUT2D eigenvalue weighted by Crippen LogP contribution is -2.09. The van der Waals surface area contributed by atoms with Gasteiger partial charge in [0.15, 0.2) is 6.33 Å². The second-order valence-electron chi connectivity index (χ2n) is 4.28. The summed E-state index contributed by atoms with van der Waals surface area (Å²) in [7, 11) is 0. The zero-order valence-corrected chi connectivity index (χ0v) is 9.20. The molecular formula is C12H12FN4. The summed E-state index contributed by atoms with van der Waals surface area (Å²) >= 11 is 0. The quantitative estimate of drug-likeness (QED) is 0.795. The van der Waals surface area contributed by atoms with Crippen molar-refractivity contribution in [3.05, 3.63) is 48.4 Å². The van der Waals surface area contributed by atoms with Crippen LogP contribution in [0.5, 0.6) is 0 Å². The second-order valence-corrected chi connectivity index (χ2v) is 4.28. The maximum atomic E-state index is 12.8. The molecule has 0 amide bonds. The molecule has 0 aliphatic heterocycles. The molecule has 1 saturated carbocycles. The van der Waals surface area contributed by atoms with E-state index < -0.39 is 0 Å². The fourth-order valence-corrected chi connectivity index (χ4v) is 2.33. The summed E-state index contributed by atoms with van der Waals surface area (Å²) in [4.78, 5) is 1.63. The fraction of sp³-hybridized carbons (Fsp3) is 0.333. The fourth-order valence-electron chi connectivity index (χ4n) is 2.33. The zero-order chi connectivity index (χ0) is 11.7. The smallest absolute Gasteiger partial charge is 0.162 e. The molecule has 2 atom stereocenters. The summed E-state index contributed by atoms with van der Waals surface area (Å²) in [5, 5.41) is 11.7. The number of hydrogen-bond acceptors (Lipinski definition) is 3. The van der Waals surface area contributed by atoms with Crippen molar-refractivity contribution < 1.29 is 4.39 Å². The molecule has 0 bridgehead atoms. The Balaban J connectivity index is 1.74. The van der Waals surface area contributed by atoms with Gasteiger partial charge in [-0.3, -0.25) is 0 Å². The predicted octanol–water partition coefficient (Wildman–Crippen LogP) is 2.14. The molecule has 1 aliphatic carbocycles. The first kappa shape index (κ1) is 10.4. The van der Waals surface area contributed by atoms with Gasteiger partial charge in [-0.05, 0) is 48.1 Å². The van der Waals surface area contributed by atoms with E-state index in [0.29, 0.717) is 5.92 Å². The maximum Gasteiger partial charge on any atom is 0.162 e. The van der Waals surface area contributed by atoms with Crippen molar-refractivity contribution in [3.63, 3.8) is 0 Å². The van der Waals surface area contributed by atoms with Crippen molar-refractivity contribution in [2.45, 2.75) is 24.8 Å². The minimum Gasteiger partial charge on any atom is -0.207 e. The molecule has 1 aromatic carbocycles. The van der Waals surface area contributed by atoms with E-state index >= 15 is 0 Å². The number of nitrogens with zero attached hydrogens (tertiary/aromatic N) is 4. The molecule has 2 aromatic rings. The molecule has 2 unspecified atom stereocenters. The summed E-state index contributed by atoms with van der Waals surface area (Å²) in [6.45, 7) is 0. The largest absolute Gasteiger partial charge is 0.207 e. The second kappa shape index (κ2) is 4.24. The Bertz CT molecular complexity index is 480. The van der Waals surface area contributed by atoms with Crippen molar-refractivity contribution in [1.82, 2.24) is 20.2 Å². The average Bonchev–Trinajstić information content (AvgIpc) is 3.00. The van der Waals surface area contributed by atoms with E-state index in [1.807, 2.05) is 12.1 Å². The Kier molecular flexibility index (Phi) is 2.59. The number of aromatic nitrogens is 4. The number of halogens is 1. The Labute approximate surface area is 98.5 Å². The molecule has 0 N–H and O–H groups in total. The van der Waals surface area contributed by atoms with Crippen molar-refractivity contribution in [2.24, 2.45) is 0 Å². The monoisotopic (exact) mass is 231 g/mol. The molecule has 1 radical (unpaired) electrons. The standard InChI is InChI=1S/C12H12FN4/c13-11-4-1-9(2-5-11)10-3-6-12(7-10)17-15-8-14-16-17/h1-2,4-6,8,10,12H,3,7H2. The lowest BCUT2D eigenvalue weighted by molar-refractivity contribution is 0.439. The molecule has 17 heavy (non-hydrogen) atoms. The van der Waals surface area contributed by atoms with E-state index in [2.05, 4.69) is 21.8 Å². The van der Waals surface area contributed by atoms with E-state index in [4.69, 9.17) is 0 Å². The zero-order valence-electron chi connectivity index (χ0n) is 9.20. The highest BCUT2D eigenvalue weighted by Crippen LogP contribution is 2.39. The van der Waals surface area contributed by atoms with E-state index in [-0.39, 0.29) is 11.9 Å². The van der Waals surface area contributed by atoms with Gasteiger partial charge in [-0.25, -0.2) is 4.39 Å². The lowest BCUT2D eigenvalue weighted by Gasteiger charge is -2.10. The van der Waals surface area contributed by atoms with E-state index in [0.717, 1.165) is 12.8 Å². The van der Waals surface area contributed by atoms with Crippen molar-refractivity contribution in [2.75, 3.05) is 0 Å². The molecule has 4 nitrogen and oxygen atoms in total. The highest BCUT2D eigenvalue weighted by Gasteiger charge is 2.28. The molecule has 0 saturated heterocycles. The Morgan fingerprint density at radius 3 is 2.76 bits per heavy atom. The van der Waals surface area contributed by atoms with Crippen LogP contribution in [0.3, 0.4) is 0 Å². The van der Waals surface area contributed by atoms with Crippen LogP contribution in [0.1, 0.15) is 30.4 Å². The van der Waals surface area contributed by atoms with Gasteiger partial charge in [0, 0.05) is 0 Å². The van der Waals surface area contributed by atoms with Gasteiger partial charge in [0.2, 0.25) is 0 Å². The Hall–Kier alpha value is -1.78. The highest BCUT2D eigenvalue weighted by molar-refractivity contribution is 5.23. The summed E-state index contributed by atoms with van der Waals surface area (Å²) in [5.74, 6) is 0.233. The van der Waals surface area contributed by atoms with E-state index in [1.54, 1.807) is 4.80 Å². The van der Waals surface area contributed by atoms with Crippen LogP contribution < -0.4 is 0 Å². The van der Waals surface area contributed by atoms with Crippen LogP contribution in [0.15, 0.2) is 30.6 Å². The minimum absolute atomic E-state index is 0.190. The van der Waals surface area contributed by atoms with Crippen LogP contribution in [-0.4, -0.2) is 20.2 Å². The van der Waals surface area contributed by atoms with Crippen molar-refractivity contribution >= 4 is 0 Å². The van der Waals surface area contributed by atoms with Gasteiger partial charge >= 0.3 is 0 Å². The number of benzene rings is 1.